The highest BCUT2D eigenvalue weighted by Crippen LogP contribution is 2.26. The largest absolute Gasteiger partial charge is 0.356 e. The van der Waals surface area contributed by atoms with Gasteiger partial charge in [-0.25, -0.2) is 0 Å². The number of nitrogens with one attached hydrogen (secondary N) is 1. The molecule has 2 nitrogen and oxygen atoms in total. The molecule has 0 spiro atoms. The van der Waals surface area contributed by atoms with E-state index in [1.165, 1.54) is 6.42 Å². The van der Waals surface area contributed by atoms with Crippen LogP contribution < -0.4 is 5.32 Å². The van der Waals surface area contributed by atoms with E-state index < -0.39 is 0 Å². The molecule has 1 aliphatic carbocycles. The van der Waals surface area contributed by atoms with Gasteiger partial charge in [-0.15, -0.1) is 0 Å². The Kier molecular flexibility index (Phi) is 3.57. The van der Waals surface area contributed by atoms with Crippen LogP contribution in [0.15, 0.2) is 0 Å². The summed E-state index contributed by atoms with van der Waals surface area (Å²) in [6.07, 6.45) is 4.54. The van der Waals surface area contributed by atoms with Crippen LogP contribution in [-0.4, -0.2) is 12.5 Å². The number of carbonyl (C=O) groups excluding carboxylic acids is 1. The van der Waals surface area contributed by atoms with Gasteiger partial charge in [0.1, 0.15) is 0 Å². The zero-order valence-corrected chi connectivity index (χ0v) is 8.10. The normalized spacial score (nSPS) is 17.6. The fourth-order valence-corrected chi connectivity index (χ4v) is 1.30. The van der Waals surface area contributed by atoms with E-state index in [9.17, 15) is 4.79 Å². The van der Waals surface area contributed by atoms with Crippen LogP contribution in [0.5, 0.6) is 0 Å². The summed E-state index contributed by atoms with van der Waals surface area (Å²) in [5.41, 5.74) is 0. The molecule has 0 unspecified atom stereocenters. The molecule has 2 heteroatoms. The summed E-state index contributed by atoms with van der Waals surface area (Å²) in [6, 6.07) is 0. The van der Waals surface area contributed by atoms with Crippen LogP contribution in [0.2, 0.25) is 0 Å². The predicted octanol–water partition coefficient (Wildman–Crippen LogP) is 1.95. The highest BCUT2D eigenvalue weighted by Gasteiger charge is 2.24. The molecule has 0 heterocycles. The third kappa shape index (κ3) is 2.84. The van der Waals surface area contributed by atoms with Crippen molar-refractivity contribution in [1.82, 2.24) is 5.32 Å². The second kappa shape index (κ2) is 4.48. The van der Waals surface area contributed by atoms with Crippen molar-refractivity contribution in [2.45, 2.75) is 39.5 Å². The summed E-state index contributed by atoms with van der Waals surface area (Å²) in [4.78, 5) is 11.3. The van der Waals surface area contributed by atoms with Gasteiger partial charge in [-0.05, 0) is 25.2 Å². The summed E-state index contributed by atoms with van der Waals surface area (Å²) in [6.45, 7) is 5.21. The first-order chi connectivity index (χ1) is 5.70. The minimum absolute atomic E-state index is 0.280. The monoisotopic (exact) mass is 169 g/mol. The molecule has 0 atom stereocenters. The van der Waals surface area contributed by atoms with Gasteiger partial charge >= 0.3 is 0 Å². The average Bonchev–Trinajstić information content (AvgIpc) is 1.81. The van der Waals surface area contributed by atoms with Gasteiger partial charge in [-0.2, -0.15) is 0 Å². The molecular weight excluding hydrogens is 150 g/mol. The van der Waals surface area contributed by atoms with Crippen molar-refractivity contribution in [3.8, 4) is 0 Å². The SMILES string of the molecule is CC(C)CCNC(=O)C1CCC1. The van der Waals surface area contributed by atoms with Crippen molar-refractivity contribution < 1.29 is 4.79 Å². The summed E-state index contributed by atoms with van der Waals surface area (Å²) in [5, 5.41) is 2.98. The molecule has 12 heavy (non-hydrogen) atoms. The first kappa shape index (κ1) is 9.56. The van der Waals surface area contributed by atoms with E-state index in [0.717, 1.165) is 25.8 Å². The maximum absolute atomic E-state index is 11.3. The van der Waals surface area contributed by atoms with Crippen molar-refractivity contribution in [3.63, 3.8) is 0 Å². The highest BCUT2D eigenvalue weighted by atomic mass is 16.1. The number of hydrogen-bond donors (Lipinski definition) is 1. The topological polar surface area (TPSA) is 29.1 Å². The zero-order chi connectivity index (χ0) is 8.97. The molecule has 0 saturated heterocycles. The van der Waals surface area contributed by atoms with E-state index in [-0.39, 0.29) is 5.91 Å². The Morgan fingerprint density at radius 1 is 1.50 bits per heavy atom. The van der Waals surface area contributed by atoms with Gasteiger partial charge in [-0.1, -0.05) is 20.3 Å². The molecule has 70 valence electrons. The molecule has 1 rings (SSSR count). The van der Waals surface area contributed by atoms with E-state index in [2.05, 4.69) is 19.2 Å². The third-order valence-corrected chi connectivity index (χ3v) is 2.50. The quantitative estimate of drug-likeness (QED) is 0.684. The lowest BCUT2D eigenvalue weighted by atomic mass is 9.85. The summed E-state index contributed by atoms with van der Waals surface area (Å²) in [7, 11) is 0. The lowest BCUT2D eigenvalue weighted by Gasteiger charge is -2.24. The lowest BCUT2D eigenvalue weighted by Crippen LogP contribution is -2.35. The molecule has 0 bridgehead atoms. The Balaban J connectivity index is 2.02. The highest BCUT2D eigenvalue weighted by molar-refractivity contribution is 5.79. The van der Waals surface area contributed by atoms with Crippen LogP contribution in [-0.2, 0) is 4.79 Å². The van der Waals surface area contributed by atoms with E-state index in [1.54, 1.807) is 0 Å². The second-order valence-electron chi connectivity index (χ2n) is 4.10. The molecule has 0 aromatic carbocycles. The van der Waals surface area contributed by atoms with Crippen molar-refractivity contribution in [2.75, 3.05) is 6.54 Å². The predicted molar refractivity (Wildman–Crippen MR) is 49.8 cm³/mol. The minimum atomic E-state index is 0.280. The molecule has 1 saturated carbocycles. The first-order valence-electron chi connectivity index (χ1n) is 4.98. The van der Waals surface area contributed by atoms with Crippen LogP contribution in [0.4, 0.5) is 0 Å². The van der Waals surface area contributed by atoms with Crippen molar-refractivity contribution in [2.24, 2.45) is 11.8 Å². The van der Waals surface area contributed by atoms with Crippen LogP contribution in [0, 0.1) is 11.8 Å². The molecule has 1 aliphatic rings. The van der Waals surface area contributed by atoms with E-state index >= 15 is 0 Å². The number of amides is 1. The Bertz CT molecular complexity index is 150. The Labute approximate surface area is 74.7 Å². The van der Waals surface area contributed by atoms with Gasteiger partial charge in [-0.3, -0.25) is 4.79 Å². The Morgan fingerprint density at radius 3 is 2.58 bits per heavy atom. The van der Waals surface area contributed by atoms with E-state index in [1.807, 2.05) is 0 Å². The summed E-state index contributed by atoms with van der Waals surface area (Å²) in [5.74, 6) is 1.31. The van der Waals surface area contributed by atoms with Crippen LogP contribution >= 0.6 is 0 Å². The molecule has 0 aliphatic heterocycles. The molecule has 1 N–H and O–H groups in total. The van der Waals surface area contributed by atoms with E-state index in [0.29, 0.717) is 11.8 Å². The second-order valence-corrected chi connectivity index (χ2v) is 4.10. The van der Waals surface area contributed by atoms with Crippen molar-refractivity contribution >= 4 is 5.91 Å². The minimum Gasteiger partial charge on any atom is -0.356 e. The van der Waals surface area contributed by atoms with Gasteiger partial charge in [0.15, 0.2) is 0 Å². The van der Waals surface area contributed by atoms with Gasteiger partial charge in [0.05, 0.1) is 0 Å². The van der Waals surface area contributed by atoms with Gasteiger partial charge in [0, 0.05) is 12.5 Å². The van der Waals surface area contributed by atoms with Crippen LogP contribution in [0.1, 0.15) is 39.5 Å². The van der Waals surface area contributed by atoms with Gasteiger partial charge in [0.25, 0.3) is 0 Å². The number of carbonyl (C=O) groups is 1. The van der Waals surface area contributed by atoms with Crippen LogP contribution in [0.3, 0.4) is 0 Å². The first-order valence-corrected chi connectivity index (χ1v) is 4.98. The molecule has 1 amide bonds. The zero-order valence-electron chi connectivity index (χ0n) is 8.10. The van der Waals surface area contributed by atoms with Gasteiger partial charge in [0.2, 0.25) is 5.91 Å². The lowest BCUT2D eigenvalue weighted by molar-refractivity contribution is -0.127. The standard InChI is InChI=1S/C10H19NO/c1-8(2)6-7-11-10(12)9-4-3-5-9/h8-9H,3-7H2,1-2H3,(H,11,12). The Hall–Kier alpha value is -0.530. The molecule has 0 aromatic heterocycles. The van der Waals surface area contributed by atoms with Crippen molar-refractivity contribution in [1.29, 1.82) is 0 Å². The molecule has 1 fully saturated rings. The van der Waals surface area contributed by atoms with Gasteiger partial charge < -0.3 is 5.32 Å². The molecular formula is C10H19NO. The molecule has 0 aromatic rings. The smallest absolute Gasteiger partial charge is 0.223 e. The fourth-order valence-electron chi connectivity index (χ4n) is 1.30. The molecule has 0 radical (unpaired) electrons. The van der Waals surface area contributed by atoms with Crippen LogP contribution in [0.25, 0.3) is 0 Å². The summed E-state index contributed by atoms with van der Waals surface area (Å²) >= 11 is 0. The summed E-state index contributed by atoms with van der Waals surface area (Å²) < 4.78 is 0. The number of rotatable bonds is 4. The average molecular weight is 169 g/mol. The number of hydrogen-bond acceptors (Lipinski definition) is 1. The maximum atomic E-state index is 11.3. The van der Waals surface area contributed by atoms with Crippen molar-refractivity contribution in [3.05, 3.63) is 0 Å². The maximum Gasteiger partial charge on any atom is 0.223 e. The third-order valence-electron chi connectivity index (χ3n) is 2.50. The Morgan fingerprint density at radius 2 is 2.17 bits per heavy atom. The van der Waals surface area contributed by atoms with E-state index in [4.69, 9.17) is 0 Å². The fraction of sp³-hybridized carbons (Fsp3) is 0.900.